The van der Waals surface area contributed by atoms with Crippen LogP contribution in [0.4, 0.5) is 4.79 Å². The van der Waals surface area contributed by atoms with Gasteiger partial charge in [0.2, 0.25) is 11.8 Å². The first-order valence-corrected chi connectivity index (χ1v) is 9.64. The number of aryl methyl sites for hydroxylation is 1. The van der Waals surface area contributed by atoms with Crippen LogP contribution in [0.2, 0.25) is 0 Å². The molecule has 3 aromatic rings. The summed E-state index contributed by atoms with van der Waals surface area (Å²) < 4.78 is 5.66. The van der Waals surface area contributed by atoms with E-state index in [1.807, 2.05) is 41.8 Å². The molecule has 8 heteroatoms. The molecule has 1 fully saturated rings. The molecular weight excluding hydrogens is 364 g/mol. The van der Waals surface area contributed by atoms with Crippen molar-refractivity contribution in [2.24, 2.45) is 0 Å². The van der Waals surface area contributed by atoms with Gasteiger partial charge in [0.25, 0.3) is 5.91 Å². The van der Waals surface area contributed by atoms with Crippen LogP contribution in [0.1, 0.15) is 29.2 Å². The highest BCUT2D eigenvalue weighted by atomic mass is 32.1. The molecule has 1 spiro atoms. The Balaban J connectivity index is 1.42. The van der Waals surface area contributed by atoms with Gasteiger partial charge in [-0.2, -0.15) is 0 Å². The van der Waals surface area contributed by atoms with Crippen molar-refractivity contribution in [1.82, 2.24) is 20.4 Å². The number of nitrogens with zero attached hydrogens (tertiary/aromatic N) is 3. The van der Waals surface area contributed by atoms with Gasteiger partial charge in [-0.05, 0) is 42.8 Å². The summed E-state index contributed by atoms with van der Waals surface area (Å²) in [5.74, 6) is 0.354. The third-order valence-electron chi connectivity index (χ3n) is 5.12. The lowest BCUT2D eigenvalue weighted by molar-refractivity contribution is -0.132. The maximum atomic E-state index is 13.2. The number of amides is 3. The van der Waals surface area contributed by atoms with Crippen molar-refractivity contribution >= 4 is 23.3 Å². The van der Waals surface area contributed by atoms with E-state index in [1.54, 1.807) is 11.3 Å². The summed E-state index contributed by atoms with van der Waals surface area (Å²) >= 11 is 1.63. The number of carbonyl (C=O) groups is 2. The molecule has 3 heterocycles. The van der Waals surface area contributed by atoms with Crippen molar-refractivity contribution in [3.05, 3.63) is 58.1 Å². The summed E-state index contributed by atoms with van der Waals surface area (Å²) in [6, 6.07) is 10.9. The molecule has 0 saturated carbocycles. The fourth-order valence-corrected chi connectivity index (χ4v) is 4.83. The molecule has 2 aliphatic rings. The maximum absolute atomic E-state index is 13.2. The number of hydrogen-bond acceptors (Lipinski definition) is 6. The van der Waals surface area contributed by atoms with Crippen LogP contribution in [0.3, 0.4) is 0 Å². The topological polar surface area (TPSA) is 88.3 Å². The number of hydrogen-bond donors (Lipinski definition) is 1. The summed E-state index contributed by atoms with van der Waals surface area (Å²) in [6.07, 6.45) is 2.42. The number of benzene rings is 1. The molecule has 1 saturated heterocycles. The third-order valence-corrected chi connectivity index (χ3v) is 6.10. The molecular formula is C19H16N4O3S. The Labute approximate surface area is 159 Å². The minimum absolute atomic E-state index is 0.0360. The van der Waals surface area contributed by atoms with Crippen LogP contribution in [0.15, 0.2) is 46.2 Å². The van der Waals surface area contributed by atoms with Crippen LogP contribution >= 0.6 is 11.3 Å². The fraction of sp³-hybridized carbons (Fsp3) is 0.263. The van der Waals surface area contributed by atoms with Crippen molar-refractivity contribution in [1.29, 1.82) is 0 Å². The van der Waals surface area contributed by atoms with Gasteiger partial charge in [0.05, 0.1) is 0 Å². The second-order valence-corrected chi connectivity index (χ2v) is 7.71. The molecule has 136 valence electrons. The minimum atomic E-state index is -0.951. The number of rotatable bonds is 3. The Morgan fingerprint density at radius 1 is 1.19 bits per heavy atom. The first kappa shape index (κ1) is 16.2. The van der Waals surface area contributed by atoms with Gasteiger partial charge in [-0.1, -0.05) is 18.2 Å². The van der Waals surface area contributed by atoms with E-state index in [0.29, 0.717) is 12.3 Å². The second kappa shape index (κ2) is 6.02. The van der Waals surface area contributed by atoms with Gasteiger partial charge in [-0.15, -0.1) is 21.5 Å². The quantitative estimate of drug-likeness (QED) is 0.706. The van der Waals surface area contributed by atoms with E-state index >= 15 is 0 Å². The Morgan fingerprint density at radius 3 is 2.89 bits per heavy atom. The molecule has 7 nitrogen and oxygen atoms in total. The monoisotopic (exact) mass is 380 g/mol. The first-order chi connectivity index (χ1) is 13.2. The largest absolute Gasteiger partial charge is 0.419 e. The number of carbonyl (C=O) groups excluding carboxylic acids is 2. The van der Waals surface area contributed by atoms with E-state index < -0.39 is 11.6 Å². The number of fused-ring (bicyclic) bond motifs is 2. The SMILES string of the molecule is O=C1N[C@@]2(CCCc3sccc32)C(=O)N1Cc1nnc(-c2ccccc2)o1. The zero-order chi connectivity index (χ0) is 18.4. The van der Waals surface area contributed by atoms with Crippen LogP contribution < -0.4 is 5.32 Å². The van der Waals surface area contributed by atoms with Gasteiger partial charge in [0.1, 0.15) is 12.1 Å². The molecule has 27 heavy (non-hydrogen) atoms. The fourth-order valence-electron chi connectivity index (χ4n) is 3.84. The zero-order valence-corrected chi connectivity index (χ0v) is 15.2. The van der Waals surface area contributed by atoms with E-state index in [0.717, 1.165) is 24.0 Å². The summed E-state index contributed by atoms with van der Waals surface area (Å²) in [5.41, 5.74) is 0.766. The van der Waals surface area contributed by atoms with Gasteiger partial charge in [0, 0.05) is 16.0 Å². The van der Waals surface area contributed by atoms with Crippen molar-refractivity contribution in [3.63, 3.8) is 0 Å². The summed E-state index contributed by atoms with van der Waals surface area (Å²) in [4.78, 5) is 28.1. The van der Waals surface area contributed by atoms with Gasteiger partial charge in [0.15, 0.2) is 0 Å². The molecule has 1 aliphatic heterocycles. The highest BCUT2D eigenvalue weighted by Gasteiger charge is 2.54. The molecule has 1 atom stereocenters. The van der Waals surface area contributed by atoms with E-state index in [1.165, 1.54) is 9.78 Å². The Morgan fingerprint density at radius 2 is 2.04 bits per heavy atom. The van der Waals surface area contributed by atoms with Crippen molar-refractivity contribution < 1.29 is 14.0 Å². The third kappa shape index (κ3) is 2.48. The van der Waals surface area contributed by atoms with Crippen LogP contribution in [0.5, 0.6) is 0 Å². The second-order valence-electron chi connectivity index (χ2n) is 6.70. The number of imide groups is 1. The highest BCUT2D eigenvalue weighted by molar-refractivity contribution is 7.10. The Bertz CT molecular complexity index is 1030. The van der Waals surface area contributed by atoms with E-state index in [9.17, 15) is 9.59 Å². The molecule has 1 aromatic carbocycles. The first-order valence-electron chi connectivity index (χ1n) is 8.76. The van der Waals surface area contributed by atoms with Gasteiger partial charge in [-0.25, -0.2) is 4.79 Å². The van der Waals surface area contributed by atoms with Crippen LogP contribution in [-0.2, 0) is 23.3 Å². The highest BCUT2D eigenvalue weighted by Crippen LogP contribution is 2.42. The van der Waals surface area contributed by atoms with Gasteiger partial charge >= 0.3 is 6.03 Å². The molecule has 1 N–H and O–H groups in total. The van der Waals surface area contributed by atoms with Crippen molar-refractivity contribution in [2.45, 2.75) is 31.3 Å². The Kier molecular flexibility index (Phi) is 3.61. The van der Waals surface area contributed by atoms with E-state index in [2.05, 4.69) is 15.5 Å². The maximum Gasteiger partial charge on any atom is 0.325 e. The number of urea groups is 1. The number of aromatic nitrogens is 2. The number of nitrogens with one attached hydrogen (secondary N) is 1. The molecule has 0 bridgehead atoms. The number of thiophene rings is 1. The lowest BCUT2D eigenvalue weighted by Crippen LogP contribution is -2.46. The molecule has 0 radical (unpaired) electrons. The standard InChI is InChI=1S/C19H16N4O3S/c24-17-19(9-4-7-14-13(19)8-10-27-14)20-18(25)23(17)11-15-21-22-16(26-15)12-5-2-1-3-6-12/h1-3,5-6,8,10H,4,7,9,11H2,(H,20,25)/t19-/m1/s1. The minimum Gasteiger partial charge on any atom is -0.419 e. The predicted molar refractivity (Wildman–Crippen MR) is 97.8 cm³/mol. The lowest BCUT2D eigenvalue weighted by Gasteiger charge is -2.31. The van der Waals surface area contributed by atoms with Gasteiger partial charge in [-0.3, -0.25) is 9.69 Å². The molecule has 5 rings (SSSR count). The van der Waals surface area contributed by atoms with E-state index in [4.69, 9.17) is 4.42 Å². The van der Waals surface area contributed by atoms with Crippen LogP contribution in [0, 0.1) is 0 Å². The zero-order valence-electron chi connectivity index (χ0n) is 14.3. The average molecular weight is 380 g/mol. The molecule has 1 aliphatic carbocycles. The predicted octanol–water partition coefficient (Wildman–Crippen LogP) is 3.08. The summed E-state index contributed by atoms with van der Waals surface area (Å²) in [6.45, 7) is -0.0360. The molecule has 3 amide bonds. The van der Waals surface area contributed by atoms with Crippen LogP contribution in [-0.4, -0.2) is 27.0 Å². The Hall–Kier alpha value is -3.00. The molecule has 2 aromatic heterocycles. The van der Waals surface area contributed by atoms with Crippen molar-refractivity contribution in [2.75, 3.05) is 0 Å². The summed E-state index contributed by atoms with van der Waals surface area (Å²) in [7, 11) is 0. The van der Waals surface area contributed by atoms with E-state index in [-0.39, 0.29) is 18.3 Å². The lowest BCUT2D eigenvalue weighted by atomic mass is 9.80. The van der Waals surface area contributed by atoms with Gasteiger partial charge < -0.3 is 9.73 Å². The normalized spacial score (nSPS) is 21.6. The smallest absolute Gasteiger partial charge is 0.325 e. The summed E-state index contributed by atoms with van der Waals surface area (Å²) in [5, 5.41) is 12.9. The van der Waals surface area contributed by atoms with Crippen LogP contribution in [0.25, 0.3) is 11.5 Å². The molecule has 0 unspecified atom stereocenters. The average Bonchev–Trinajstić information content (AvgIpc) is 3.40. The van der Waals surface area contributed by atoms with Crippen molar-refractivity contribution in [3.8, 4) is 11.5 Å².